The predicted octanol–water partition coefficient (Wildman–Crippen LogP) is 1.92. The highest BCUT2D eigenvalue weighted by Gasteiger charge is 2.19. The Balaban J connectivity index is 1.91. The number of phenolic OH excluding ortho intramolecular Hbond substituents is 1. The van der Waals surface area contributed by atoms with Crippen LogP contribution in [0.3, 0.4) is 0 Å². The molecular weight excluding hydrogens is 221 g/mol. The van der Waals surface area contributed by atoms with Gasteiger partial charge in [0.15, 0.2) is 11.6 Å². The number of para-hydroxylation sites is 1. The second-order valence-electron chi connectivity index (χ2n) is 4.65. The number of aliphatic hydroxyl groups excluding tert-OH is 1. The number of hydrogen-bond acceptors (Lipinski definition) is 3. The van der Waals surface area contributed by atoms with Crippen LogP contribution in [-0.2, 0) is 6.54 Å². The summed E-state index contributed by atoms with van der Waals surface area (Å²) in [5.74, 6) is -0.871. The lowest BCUT2D eigenvalue weighted by atomic mass is 9.93. The Morgan fingerprint density at radius 1 is 1.35 bits per heavy atom. The van der Waals surface area contributed by atoms with Gasteiger partial charge in [0.1, 0.15) is 0 Å². The minimum atomic E-state index is -0.590. The zero-order valence-corrected chi connectivity index (χ0v) is 9.69. The predicted molar refractivity (Wildman–Crippen MR) is 63.2 cm³/mol. The third-order valence-electron chi connectivity index (χ3n) is 3.30. The van der Waals surface area contributed by atoms with Gasteiger partial charge in [0.25, 0.3) is 0 Å². The fourth-order valence-electron chi connectivity index (χ4n) is 2.31. The van der Waals surface area contributed by atoms with E-state index in [2.05, 4.69) is 5.32 Å². The van der Waals surface area contributed by atoms with Crippen LogP contribution >= 0.6 is 0 Å². The summed E-state index contributed by atoms with van der Waals surface area (Å²) < 4.78 is 13.1. The van der Waals surface area contributed by atoms with Gasteiger partial charge in [0.05, 0.1) is 6.10 Å². The Morgan fingerprint density at radius 2 is 2.18 bits per heavy atom. The first-order chi connectivity index (χ1) is 8.16. The van der Waals surface area contributed by atoms with Crippen LogP contribution in [0.5, 0.6) is 5.75 Å². The van der Waals surface area contributed by atoms with E-state index in [-0.39, 0.29) is 17.9 Å². The van der Waals surface area contributed by atoms with Crippen LogP contribution in [0.15, 0.2) is 18.2 Å². The summed E-state index contributed by atoms with van der Waals surface area (Å²) in [6.45, 7) is 0.432. The van der Waals surface area contributed by atoms with Gasteiger partial charge in [-0.3, -0.25) is 0 Å². The average Bonchev–Trinajstić information content (AvgIpc) is 2.31. The molecule has 1 aromatic carbocycles. The Morgan fingerprint density at radius 3 is 2.94 bits per heavy atom. The van der Waals surface area contributed by atoms with E-state index in [0.717, 1.165) is 25.7 Å². The second-order valence-corrected chi connectivity index (χ2v) is 4.65. The van der Waals surface area contributed by atoms with Crippen molar-refractivity contribution in [3.8, 4) is 5.75 Å². The van der Waals surface area contributed by atoms with E-state index >= 15 is 0 Å². The maximum atomic E-state index is 13.1. The summed E-state index contributed by atoms with van der Waals surface area (Å²) in [5, 5.41) is 22.3. The summed E-state index contributed by atoms with van der Waals surface area (Å²) >= 11 is 0. The number of rotatable bonds is 3. The van der Waals surface area contributed by atoms with E-state index in [1.165, 1.54) is 6.07 Å². The monoisotopic (exact) mass is 239 g/mol. The molecule has 4 heteroatoms. The van der Waals surface area contributed by atoms with Crippen molar-refractivity contribution in [3.63, 3.8) is 0 Å². The third-order valence-corrected chi connectivity index (χ3v) is 3.30. The first-order valence-electron chi connectivity index (χ1n) is 6.04. The average molecular weight is 239 g/mol. The lowest BCUT2D eigenvalue weighted by molar-refractivity contribution is 0.111. The molecule has 2 rings (SSSR count). The molecule has 1 aliphatic rings. The first kappa shape index (κ1) is 12.3. The molecule has 0 heterocycles. The largest absolute Gasteiger partial charge is 0.505 e. The van der Waals surface area contributed by atoms with Crippen LogP contribution in [-0.4, -0.2) is 22.4 Å². The number of aliphatic hydroxyl groups is 1. The van der Waals surface area contributed by atoms with Crippen LogP contribution < -0.4 is 5.32 Å². The standard InChI is InChI=1S/C13H18FNO2/c14-12-6-1-3-9(13(12)17)8-15-10-4-2-5-11(16)7-10/h1,3,6,10-11,15-17H,2,4-5,7-8H2. The summed E-state index contributed by atoms with van der Waals surface area (Å²) in [5.41, 5.74) is 0.560. The topological polar surface area (TPSA) is 52.5 Å². The maximum Gasteiger partial charge on any atom is 0.165 e. The zero-order chi connectivity index (χ0) is 12.3. The van der Waals surface area contributed by atoms with Crippen LogP contribution in [0.25, 0.3) is 0 Å². The Hall–Kier alpha value is -1.13. The molecule has 94 valence electrons. The van der Waals surface area contributed by atoms with Crippen molar-refractivity contribution in [2.24, 2.45) is 0 Å². The summed E-state index contributed by atoms with van der Waals surface area (Å²) in [4.78, 5) is 0. The van der Waals surface area contributed by atoms with E-state index in [9.17, 15) is 14.6 Å². The van der Waals surface area contributed by atoms with Gasteiger partial charge in [-0.2, -0.15) is 0 Å². The maximum absolute atomic E-state index is 13.1. The van der Waals surface area contributed by atoms with Crippen LogP contribution in [0.2, 0.25) is 0 Å². The highest BCUT2D eigenvalue weighted by atomic mass is 19.1. The summed E-state index contributed by atoms with van der Waals surface area (Å²) in [6, 6.07) is 4.77. The van der Waals surface area contributed by atoms with Crippen molar-refractivity contribution < 1.29 is 14.6 Å². The molecule has 0 spiro atoms. The summed E-state index contributed by atoms with van der Waals surface area (Å²) in [6.07, 6.45) is 3.39. The Labute approximate surface area is 100 Å². The highest BCUT2D eigenvalue weighted by molar-refractivity contribution is 5.33. The minimum absolute atomic E-state index is 0.234. The number of benzene rings is 1. The van der Waals surface area contributed by atoms with Gasteiger partial charge >= 0.3 is 0 Å². The van der Waals surface area contributed by atoms with Gasteiger partial charge in [-0.05, 0) is 31.7 Å². The van der Waals surface area contributed by atoms with Gasteiger partial charge in [-0.1, -0.05) is 12.1 Å². The molecule has 2 unspecified atom stereocenters. The lowest BCUT2D eigenvalue weighted by Crippen LogP contribution is -2.35. The highest BCUT2D eigenvalue weighted by Crippen LogP contribution is 2.22. The minimum Gasteiger partial charge on any atom is -0.505 e. The number of aromatic hydroxyl groups is 1. The molecule has 1 saturated carbocycles. The molecule has 1 fully saturated rings. The lowest BCUT2D eigenvalue weighted by Gasteiger charge is -2.26. The van der Waals surface area contributed by atoms with Gasteiger partial charge in [0.2, 0.25) is 0 Å². The van der Waals surface area contributed by atoms with E-state index in [0.29, 0.717) is 12.1 Å². The van der Waals surface area contributed by atoms with Crippen LogP contribution in [0.4, 0.5) is 4.39 Å². The van der Waals surface area contributed by atoms with Crippen molar-refractivity contribution in [1.82, 2.24) is 5.32 Å². The van der Waals surface area contributed by atoms with Gasteiger partial charge in [0, 0.05) is 18.2 Å². The van der Waals surface area contributed by atoms with Crippen molar-refractivity contribution in [3.05, 3.63) is 29.6 Å². The van der Waals surface area contributed by atoms with Gasteiger partial charge < -0.3 is 15.5 Å². The molecule has 2 atom stereocenters. The zero-order valence-electron chi connectivity index (χ0n) is 9.69. The molecule has 1 aliphatic carbocycles. The molecule has 3 N–H and O–H groups in total. The van der Waals surface area contributed by atoms with Gasteiger partial charge in [-0.15, -0.1) is 0 Å². The van der Waals surface area contributed by atoms with Crippen molar-refractivity contribution >= 4 is 0 Å². The van der Waals surface area contributed by atoms with E-state index in [4.69, 9.17) is 0 Å². The molecule has 0 saturated heterocycles. The molecule has 0 radical (unpaired) electrons. The third kappa shape index (κ3) is 3.17. The summed E-state index contributed by atoms with van der Waals surface area (Å²) in [7, 11) is 0. The normalized spacial score (nSPS) is 24.8. The molecule has 0 aliphatic heterocycles. The molecule has 0 amide bonds. The molecule has 0 aromatic heterocycles. The van der Waals surface area contributed by atoms with E-state index in [1.54, 1.807) is 12.1 Å². The van der Waals surface area contributed by atoms with Crippen molar-refractivity contribution in [2.75, 3.05) is 0 Å². The molecule has 0 bridgehead atoms. The van der Waals surface area contributed by atoms with E-state index in [1.807, 2.05) is 0 Å². The smallest absolute Gasteiger partial charge is 0.165 e. The second kappa shape index (κ2) is 5.47. The molecule has 17 heavy (non-hydrogen) atoms. The fourth-order valence-corrected chi connectivity index (χ4v) is 2.31. The number of nitrogens with one attached hydrogen (secondary N) is 1. The molecular formula is C13H18FNO2. The molecule has 1 aromatic rings. The Kier molecular flexibility index (Phi) is 3.97. The SMILES string of the molecule is Oc1c(F)cccc1CNC1CCCC(O)C1. The number of phenols is 1. The fraction of sp³-hybridized carbons (Fsp3) is 0.538. The Bertz CT molecular complexity index is 384. The van der Waals surface area contributed by atoms with Crippen LogP contribution in [0.1, 0.15) is 31.2 Å². The number of halogens is 1. The van der Waals surface area contributed by atoms with Crippen LogP contribution in [0, 0.1) is 5.82 Å². The van der Waals surface area contributed by atoms with E-state index < -0.39 is 5.82 Å². The van der Waals surface area contributed by atoms with Gasteiger partial charge in [-0.25, -0.2) is 4.39 Å². The number of hydrogen-bond donors (Lipinski definition) is 3. The molecule has 3 nitrogen and oxygen atoms in total. The van der Waals surface area contributed by atoms with Crippen molar-refractivity contribution in [1.29, 1.82) is 0 Å². The van der Waals surface area contributed by atoms with Crippen molar-refractivity contribution in [2.45, 2.75) is 44.4 Å². The quantitative estimate of drug-likeness (QED) is 0.755. The first-order valence-corrected chi connectivity index (χ1v) is 6.04.